The number of hydrogen-bond donors (Lipinski definition) is 2. The Balaban J connectivity index is 1.32. The highest BCUT2D eigenvalue weighted by molar-refractivity contribution is 6.01. The van der Waals surface area contributed by atoms with Gasteiger partial charge in [-0.2, -0.15) is 0 Å². The standard InChI is InChI=1S/C41H53N3O8/c1-38(2,3)51-36(45)43-35(44-37(46)52-39(4,5)6)42-26-18-25-31-33-34(50-40(7,8)49-33)32(48-31)27-47-41(28-19-12-9-13-20-28,29-21-14-10-15-22-29)30-23-16-11-17-24-30/h9-17,19-24,31-34H,18,25-27H2,1-8H3,(H2,42,43,44,45,46)/t31-,32+,33-,34+/m0/s1. The van der Waals surface area contributed by atoms with E-state index in [1.807, 2.05) is 68.4 Å². The van der Waals surface area contributed by atoms with E-state index in [9.17, 15) is 9.59 Å². The molecule has 2 aliphatic heterocycles. The number of ether oxygens (including phenoxy) is 6. The molecule has 0 saturated carbocycles. The minimum Gasteiger partial charge on any atom is -0.444 e. The van der Waals surface area contributed by atoms with Gasteiger partial charge < -0.3 is 28.4 Å². The first-order valence-corrected chi connectivity index (χ1v) is 17.9. The van der Waals surface area contributed by atoms with E-state index in [1.54, 1.807) is 41.5 Å². The Morgan fingerprint density at radius 3 is 1.54 bits per heavy atom. The SMILES string of the molecule is CC(C)(C)OC(=O)NC(=NCCC[C@@H]1O[C@H](COC(c2ccccc2)(c2ccccc2)c2ccccc2)[C@H]2OC(C)(C)O[C@H]21)NC(=O)OC(C)(C)C. The molecule has 2 aliphatic rings. The molecule has 4 atom stereocenters. The summed E-state index contributed by atoms with van der Waals surface area (Å²) in [6.07, 6.45) is -1.78. The number of guanidine groups is 1. The quantitative estimate of drug-likeness (QED) is 0.0959. The van der Waals surface area contributed by atoms with Gasteiger partial charge in [-0.05, 0) is 84.9 Å². The van der Waals surface area contributed by atoms with Gasteiger partial charge in [-0.1, -0.05) is 91.0 Å². The van der Waals surface area contributed by atoms with Gasteiger partial charge in [-0.25, -0.2) is 9.59 Å². The second-order valence-electron chi connectivity index (χ2n) is 15.5. The average molecular weight is 716 g/mol. The molecule has 11 nitrogen and oxygen atoms in total. The van der Waals surface area contributed by atoms with Crippen molar-refractivity contribution in [1.82, 2.24) is 10.6 Å². The lowest BCUT2D eigenvalue weighted by molar-refractivity contribution is -0.195. The maximum absolute atomic E-state index is 12.5. The van der Waals surface area contributed by atoms with Gasteiger partial charge in [-0.15, -0.1) is 0 Å². The monoisotopic (exact) mass is 715 g/mol. The number of nitrogens with zero attached hydrogens (tertiary/aromatic N) is 1. The molecule has 11 heteroatoms. The first kappa shape index (κ1) is 38.9. The van der Waals surface area contributed by atoms with E-state index in [0.29, 0.717) is 12.8 Å². The number of rotatable bonds is 10. The van der Waals surface area contributed by atoms with Crippen LogP contribution in [0.4, 0.5) is 9.59 Å². The number of carbonyl (C=O) groups is 2. The van der Waals surface area contributed by atoms with Gasteiger partial charge >= 0.3 is 12.2 Å². The summed E-state index contributed by atoms with van der Waals surface area (Å²) in [5.74, 6) is -0.869. The third kappa shape index (κ3) is 10.2. The Kier molecular flexibility index (Phi) is 12.1. The predicted molar refractivity (Wildman–Crippen MR) is 198 cm³/mol. The van der Waals surface area contributed by atoms with Gasteiger partial charge in [0.1, 0.15) is 35.1 Å². The lowest BCUT2D eigenvalue weighted by atomic mass is 9.80. The minimum atomic E-state index is -0.914. The number of carbonyl (C=O) groups excluding carboxylic acids is 2. The highest BCUT2D eigenvalue weighted by atomic mass is 16.8. The van der Waals surface area contributed by atoms with E-state index >= 15 is 0 Å². The molecule has 2 fully saturated rings. The first-order valence-electron chi connectivity index (χ1n) is 17.9. The van der Waals surface area contributed by atoms with Crippen LogP contribution >= 0.6 is 0 Å². The summed E-state index contributed by atoms with van der Waals surface area (Å²) in [5, 5.41) is 5.06. The number of fused-ring (bicyclic) bond motifs is 1. The van der Waals surface area contributed by atoms with Gasteiger partial charge in [0.25, 0.3) is 0 Å². The second-order valence-corrected chi connectivity index (χ2v) is 15.5. The van der Waals surface area contributed by atoms with Gasteiger partial charge in [0.05, 0.1) is 12.7 Å². The molecule has 2 saturated heterocycles. The molecule has 3 aromatic rings. The van der Waals surface area contributed by atoms with Crippen molar-refractivity contribution in [1.29, 1.82) is 0 Å². The topological polar surface area (TPSA) is 126 Å². The highest BCUT2D eigenvalue weighted by Gasteiger charge is 2.55. The first-order chi connectivity index (χ1) is 24.5. The Bertz CT molecular complexity index is 1520. The summed E-state index contributed by atoms with van der Waals surface area (Å²) < 4.78 is 37.3. The molecule has 2 heterocycles. The van der Waals surface area contributed by atoms with Crippen molar-refractivity contribution in [3.8, 4) is 0 Å². The van der Waals surface area contributed by atoms with Crippen molar-refractivity contribution < 1.29 is 38.0 Å². The second kappa shape index (κ2) is 16.2. The number of amides is 2. The number of aliphatic imine (C=N–C) groups is 1. The zero-order valence-electron chi connectivity index (χ0n) is 31.5. The summed E-state index contributed by atoms with van der Waals surface area (Å²) in [6, 6.07) is 30.6. The lowest BCUT2D eigenvalue weighted by Gasteiger charge is -2.37. The van der Waals surface area contributed by atoms with Crippen LogP contribution in [-0.4, -0.2) is 72.7 Å². The van der Waals surface area contributed by atoms with Crippen LogP contribution in [0.1, 0.15) is 84.9 Å². The number of nitrogens with one attached hydrogen (secondary N) is 2. The maximum atomic E-state index is 12.5. The maximum Gasteiger partial charge on any atom is 0.414 e. The molecule has 3 aromatic carbocycles. The van der Waals surface area contributed by atoms with Crippen molar-refractivity contribution in [2.45, 2.75) is 115 Å². The highest BCUT2D eigenvalue weighted by Crippen LogP contribution is 2.44. The number of alkyl carbamates (subject to hydrolysis) is 2. The fraction of sp³-hybridized carbons (Fsp3) is 0.488. The van der Waals surface area contributed by atoms with Crippen LogP contribution in [0.3, 0.4) is 0 Å². The molecular formula is C41H53N3O8. The molecule has 0 aliphatic carbocycles. The van der Waals surface area contributed by atoms with Crippen LogP contribution in [-0.2, 0) is 34.0 Å². The molecule has 5 rings (SSSR count). The van der Waals surface area contributed by atoms with Crippen molar-refractivity contribution in [2.75, 3.05) is 13.2 Å². The zero-order valence-corrected chi connectivity index (χ0v) is 31.5. The van der Waals surface area contributed by atoms with E-state index in [2.05, 4.69) is 52.0 Å². The van der Waals surface area contributed by atoms with Gasteiger partial charge in [-0.3, -0.25) is 15.6 Å². The van der Waals surface area contributed by atoms with Crippen LogP contribution in [0.2, 0.25) is 0 Å². The molecule has 2 amide bonds. The number of hydrogen-bond acceptors (Lipinski definition) is 9. The summed E-state index contributed by atoms with van der Waals surface area (Å²) in [4.78, 5) is 29.5. The van der Waals surface area contributed by atoms with E-state index < -0.39 is 40.9 Å². The Labute approximate surface area is 307 Å². The summed E-state index contributed by atoms with van der Waals surface area (Å²) >= 11 is 0. The van der Waals surface area contributed by atoms with Gasteiger partial charge in [0.15, 0.2) is 5.79 Å². The normalized spacial score (nSPS) is 21.2. The van der Waals surface area contributed by atoms with Crippen LogP contribution in [0, 0.1) is 0 Å². The van der Waals surface area contributed by atoms with Gasteiger partial charge in [0, 0.05) is 6.54 Å². The zero-order chi connectivity index (χ0) is 37.6. The van der Waals surface area contributed by atoms with Crippen molar-refractivity contribution >= 4 is 18.1 Å². The van der Waals surface area contributed by atoms with E-state index in [1.165, 1.54) is 0 Å². The largest absolute Gasteiger partial charge is 0.444 e. The predicted octanol–water partition coefficient (Wildman–Crippen LogP) is 7.47. The molecule has 280 valence electrons. The number of benzene rings is 3. The smallest absolute Gasteiger partial charge is 0.414 e. The molecule has 0 bridgehead atoms. The van der Waals surface area contributed by atoms with Crippen molar-refractivity contribution in [3.05, 3.63) is 108 Å². The third-order valence-electron chi connectivity index (χ3n) is 8.41. The summed E-state index contributed by atoms with van der Waals surface area (Å²) in [6.45, 7) is 14.8. The Hall–Kier alpha value is -4.29. The summed E-state index contributed by atoms with van der Waals surface area (Å²) in [7, 11) is 0. The Morgan fingerprint density at radius 1 is 0.692 bits per heavy atom. The molecular weight excluding hydrogens is 662 g/mol. The van der Waals surface area contributed by atoms with Gasteiger partial charge in [0.2, 0.25) is 5.96 Å². The van der Waals surface area contributed by atoms with Crippen molar-refractivity contribution in [2.24, 2.45) is 4.99 Å². The third-order valence-corrected chi connectivity index (χ3v) is 8.41. The molecule has 0 spiro atoms. The van der Waals surface area contributed by atoms with Crippen LogP contribution < -0.4 is 10.6 Å². The van der Waals surface area contributed by atoms with Crippen LogP contribution in [0.5, 0.6) is 0 Å². The fourth-order valence-corrected chi connectivity index (χ4v) is 6.51. The van der Waals surface area contributed by atoms with Crippen molar-refractivity contribution in [3.63, 3.8) is 0 Å². The fourth-order valence-electron chi connectivity index (χ4n) is 6.51. The average Bonchev–Trinajstić information content (AvgIpc) is 3.55. The molecule has 0 unspecified atom stereocenters. The molecule has 0 aromatic heterocycles. The Morgan fingerprint density at radius 2 is 1.12 bits per heavy atom. The van der Waals surface area contributed by atoms with Crippen LogP contribution in [0.15, 0.2) is 96.0 Å². The molecule has 52 heavy (non-hydrogen) atoms. The summed E-state index contributed by atoms with van der Waals surface area (Å²) in [5.41, 5.74) is 0.599. The lowest BCUT2D eigenvalue weighted by Crippen LogP contribution is -2.47. The minimum absolute atomic E-state index is 0.0688. The van der Waals surface area contributed by atoms with E-state index in [-0.39, 0.29) is 37.4 Å². The van der Waals surface area contributed by atoms with E-state index in [4.69, 9.17) is 28.4 Å². The van der Waals surface area contributed by atoms with E-state index in [0.717, 1.165) is 16.7 Å². The van der Waals surface area contributed by atoms with Crippen LogP contribution in [0.25, 0.3) is 0 Å². The molecule has 0 radical (unpaired) electrons. The molecule has 2 N–H and O–H groups in total.